The summed E-state index contributed by atoms with van der Waals surface area (Å²) in [4.78, 5) is 22.9. The summed E-state index contributed by atoms with van der Waals surface area (Å²) in [6, 6.07) is 0. The maximum atomic E-state index is 13.5. The Morgan fingerprint density at radius 1 is 1.00 bits per heavy atom. The maximum absolute atomic E-state index is 13.5. The fourth-order valence-corrected chi connectivity index (χ4v) is 3.10. The summed E-state index contributed by atoms with van der Waals surface area (Å²) in [5.41, 5.74) is 0. The van der Waals surface area contributed by atoms with Crippen LogP contribution in [-0.4, -0.2) is 61.5 Å². The number of rotatable bonds is 10. The molecule has 0 radical (unpaired) electrons. The molecule has 30 heavy (non-hydrogen) atoms. The summed E-state index contributed by atoms with van der Waals surface area (Å²) >= 11 is 0. The minimum Gasteiger partial charge on any atom is -0.465 e. The van der Waals surface area contributed by atoms with Gasteiger partial charge >= 0.3 is 39.3 Å². The van der Waals surface area contributed by atoms with Gasteiger partial charge in [0.15, 0.2) is 0 Å². The average molecular weight is 474 g/mol. The topological polar surface area (TPSA) is 116 Å². The van der Waals surface area contributed by atoms with E-state index in [4.69, 9.17) is 4.55 Å². The van der Waals surface area contributed by atoms with Gasteiger partial charge in [-0.05, 0) is 32.6 Å². The first kappa shape index (κ1) is 26.4. The first-order valence-electron chi connectivity index (χ1n) is 8.67. The second kappa shape index (κ2) is 9.68. The smallest absolute Gasteiger partial charge is 0.456 e. The molecule has 15 heteroatoms. The zero-order valence-corrected chi connectivity index (χ0v) is 16.4. The summed E-state index contributed by atoms with van der Waals surface area (Å²) in [6.45, 7) is -0.232. The molecular weight excluding hydrogens is 454 g/mol. The molecule has 1 rings (SSSR count). The number of carbonyl (C=O) groups is 2. The summed E-state index contributed by atoms with van der Waals surface area (Å²) in [5, 5.41) is -5.77. The van der Waals surface area contributed by atoms with Crippen LogP contribution in [0, 0.1) is 5.92 Å². The van der Waals surface area contributed by atoms with Crippen molar-refractivity contribution in [3.05, 3.63) is 0 Å². The van der Waals surface area contributed by atoms with Gasteiger partial charge < -0.3 is 14.2 Å². The number of hydrogen-bond acceptors (Lipinski definition) is 7. The van der Waals surface area contributed by atoms with E-state index in [0.29, 0.717) is 0 Å². The third-order valence-electron chi connectivity index (χ3n) is 4.25. The average Bonchev–Trinajstić information content (AvgIpc) is 2.60. The fraction of sp³-hybridized carbons (Fsp3) is 0.867. The van der Waals surface area contributed by atoms with Crippen molar-refractivity contribution < 1.29 is 63.1 Å². The molecule has 1 saturated carbocycles. The van der Waals surface area contributed by atoms with E-state index in [2.05, 4.69) is 14.2 Å². The molecule has 1 fully saturated rings. The lowest BCUT2D eigenvalue weighted by atomic mass is 9.87. The maximum Gasteiger partial charge on any atom is 0.456 e. The number of ether oxygens (including phenoxy) is 3. The van der Waals surface area contributed by atoms with Gasteiger partial charge in [-0.2, -0.15) is 34.8 Å². The second-order valence-electron chi connectivity index (χ2n) is 6.44. The van der Waals surface area contributed by atoms with E-state index in [9.17, 15) is 44.3 Å². The number of halogens is 6. The van der Waals surface area contributed by atoms with Crippen LogP contribution in [0.25, 0.3) is 0 Å². The van der Waals surface area contributed by atoms with Gasteiger partial charge in [0.25, 0.3) is 0 Å². The molecule has 0 spiro atoms. The highest BCUT2D eigenvalue weighted by atomic mass is 32.2. The quantitative estimate of drug-likeness (QED) is 0.292. The Hall–Kier alpha value is -1.61. The zero-order chi connectivity index (χ0) is 23.4. The molecule has 0 atom stereocenters. The molecule has 0 saturated heterocycles. The number of carbonyl (C=O) groups excluding carboxylic acids is 2. The van der Waals surface area contributed by atoms with E-state index in [1.807, 2.05) is 0 Å². The Morgan fingerprint density at radius 2 is 1.53 bits per heavy atom. The van der Waals surface area contributed by atoms with Crippen LogP contribution < -0.4 is 0 Å². The number of hydrogen-bond donors (Lipinski definition) is 1. The summed E-state index contributed by atoms with van der Waals surface area (Å²) in [5.74, 6) is -9.06. The molecule has 0 unspecified atom stereocenters. The van der Waals surface area contributed by atoms with Crippen molar-refractivity contribution in [1.82, 2.24) is 0 Å². The Morgan fingerprint density at radius 3 is 2.00 bits per heavy atom. The SMILES string of the molecule is CCOC(=O)C(F)(F)OC1CCC(C(=O)OCCC(F)(F)C(F)(F)S(=O)(=O)O)CC1. The van der Waals surface area contributed by atoms with Crippen LogP contribution in [0.4, 0.5) is 26.3 Å². The van der Waals surface area contributed by atoms with E-state index in [0.717, 1.165) is 0 Å². The van der Waals surface area contributed by atoms with Gasteiger partial charge in [0, 0.05) is 0 Å². The summed E-state index contributed by atoms with van der Waals surface area (Å²) < 4.78 is 122. The summed E-state index contributed by atoms with van der Waals surface area (Å²) in [7, 11) is -6.39. The number of esters is 2. The molecule has 0 aromatic carbocycles. The Kier molecular flexibility index (Phi) is 8.53. The monoisotopic (exact) mass is 474 g/mol. The van der Waals surface area contributed by atoms with Crippen molar-refractivity contribution in [3.63, 3.8) is 0 Å². The third kappa shape index (κ3) is 6.44. The van der Waals surface area contributed by atoms with Crippen molar-refractivity contribution >= 4 is 22.1 Å². The van der Waals surface area contributed by atoms with Crippen LogP contribution in [0.3, 0.4) is 0 Å². The van der Waals surface area contributed by atoms with Crippen LogP contribution >= 0.6 is 0 Å². The van der Waals surface area contributed by atoms with Gasteiger partial charge in [-0.3, -0.25) is 9.35 Å². The molecule has 0 aromatic rings. The van der Waals surface area contributed by atoms with Crippen LogP contribution in [-0.2, 0) is 33.9 Å². The molecule has 1 aliphatic rings. The molecule has 0 bridgehead atoms. The molecule has 0 amide bonds. The molecule has 0 heterocycles. The standard InChI is InChI=1S/C15H20F6O8S/c1-2-27-12(23)14(18,19)29-10-5-3-9(4-6-10)11(22)28-8-7-13(16,17)15(20,21)30(24,25)26/h9-10H,2-8H2,1H3,(H,24,25,26). The Labute approximate surface area is 167 Å². The van der Waals surface area contributed by atoms with Crippen LogP contribution in [0.1, 0.15) is 39.0 Å². The van der Waals surface area contributed by atoms with Crippen molar-refractivity contribution in [3.8, 4) is 0 Å². The second-order valence-corrected chi connectivity index (χ2v) is 7.91. The predicted molar refractivity (Wildman–Crippen MR) is 85.4 cm³/mol. The van der Waals surface area contributed by atoms with E-state index in [1.165, 1.54) is 6.92 Å². The zero-order valence-electron chi connectivity index (χ0n) is 15.6. The highest BCUT2D eigenvalue weighted by Gasteiger charge is 2.65. The molecule has 8 nitrogen and oxygen atoms in total. The van der Waals surface area contributed by atoms with Crippen molar-refractivity contribution in [2.75, 3.05) is 13.2 Å². The molecule has 0 aromatic heterocycles. The minimum atomic E-state index is -6.39. The van der Waals surface area contributed by atoms with E-state index < -0.39 is 64.4 Å². The molecule has 176 valence electrons. The van der Waals surface area contributed by atoms with E-state index in [-0.39, 0.29) is 32.3 Å². The lowest BCUT2D eigenvalue weighted by Gasteiger charge is -2.29. The Balaban J connectivity index is 2.49. The fourth-order valence-electron chi connectivity index (χ4n) is 2.62. The summed E-state index contributed by atoms with van der Waals surface area (Å²) in [6.07, 6.45) is -7.50. The largest absolute Gasteiger partial charge is 0.465 e. The van der Waals surface area contributed by atoms with Crippen molar-refractivity contribution in [2.24, 2.45) is 5.92 Å². The normalized spacial score (nSPS) is 21.2. The minimum absolute atomic E-state index is 0.0695. The van der Waals surface area contributed by atoms with Crippen LogP contribution in [0.15, 0.2) is 0 Å². The van der Waals surface area contributed by atoms with Crippen molar-refractivity contribution in [1.29, 1.82) is 0 Å². The first-order chi connectivity index (χ1) is 13.5. The molecular formula is C15H20F6O8S. The van der Waals surface area contributed by atoms with Gasteiger partial charge in [-0.15, -0.1) is 0 Å². The van der Waals surface area contributed by atoms with Gasteiger partial charge in [-0.25, -0.2) is 4.79 Å². The number of alkyl halides is 6. The van der Waals surface area contributed by atoms with Gasteiger partial charge in [-0.1, -0.05) is 0 Å². The predicted octanol–water partition coefficient (Wildman–Crippen LogP) is 2.77. The van der Waals surface area contributed by atoms with Crippen LogP contribution in [0.5, 0.6) is 0 Å². The molecule has 1 aliphatic carbocycles. The lowest BCUT2D eigenvalue weighted by Crippen LogP contribution is -2.47. The Bertz CT molecular complexity index is 719. The lowest BCUT2D eigenvalue weighted by molar-refractivity contribution is -0.269. The van der Waals surface area contributed by atoms with Crippen molar-refractivity contribution in [2.45, 2.75) is 62.4 Å². The van der Waals surface area contributed by atoms with Gasteiger partial charge in [0.1, 0.15) is 0 Å². The third-order valence-corrected chi connectivity index (χ3v) is 5.19. The van der Waals surface area contributed by atoms with Gasteiger partial charge in [0.2, 0.25) is 0 Å². The molecule has 1 N–H and O–H groups in total. The first-order valence-corrected chi connectivity index (χ1v) is 10.1. The van der Waals surface area contributed by atoms with E-state index >= 15 is 0 Å². The van der Waals surface area contributed by atoms with E-state index in [1.54, 1.807) is 0 Å². The highest BCUT2D eigenvalue weighted by molar-refractivity contribution is 7.87. The molecule has 0 aliphatic heterocycles. The van der Waals surface area contributed by atoms with Gasteiger partial charge in [0.05, 0.1) is 31.7 Å². The van der Waals surface area contributed by atoms with Crippen LogP contribution in [0.2, 0.25) is 0 Å². The highest BCUT2D eigenvalue weighted by Crippen LogP contribution is 2.40.